The van der Waals surface area contributed by atoms with Crippen LogP contribution >= 0.6 is 0 Å². The van der Waals surface area contributed by atoms with Crippen molar-refractivity contribution in [3.05, 3.63) is 0 Å². The van der Waals surface area contributed by atoms with Gasteiger partial charge >= 0.3 is 5.97 Å². The summed E-state index contributed by atoms with van der Waals surface area (Å²) in [7, 11) is 0. The van der Waals surface area contributed by atoms with E-state index in [4.69, 9.17) is 11.2 Å². The average Bonchev–Trinajstić information content (AvgIpc) is 2.14. The Labute approximate surface area is 92.6 Å². The van der Waals surface area contributed by atoms with Crippen molar-refractivity contribution in [1.29, 1.82) is 0 Å². The van der Waals surface area contributed by atoms with Crippen LogP contribution in [0.3, 0.4) is 0 Å². The molecule has 0 fully saturated rings. The Bertz CT molecular complexity index is 242. The third-order valence-corrected chi connectivity index (χ3v) is 2.12. The molecule has 0 aromatic carbocycles. The Balaban J connectivity index is 4.53. The minimum Gasteiger partial charge on any atom is -0.465 e. The first-order valence-corrected chi connectivity index (χ1v) is 5.32. The van der Waals surface area contributed by atoms with E-state index in [9.17, 15) is 4.79 Å². The van der Waals surface area contributed by atoms with E-state index in [0.29, 0.717) is 25.5 Å². The van der Waals surface area contributed by atoms with Crippen molar-refractivity contribution in [3.63, 3.8) is 0 Å². The maximum Gasteiger partial charge on any atom is 0.326 e. The summed E-state index contributed by atoms with van der Waals surface area (Å²) in [4.78, 5) is 11.8. The van der Waals surface area contributed by atoms with Crippen LogP contribution in [0, 0.1) is 18.3 Å². The van der Waals surface area contributed by atoms with E-state index in [-0.39, 0.29) is 5.97 Å². The van der Waals surface area contributed by atoms with E-state index in [2.05, 4.69) is 25.1 Å². The van der Waals surface area contributed by atoms with Crippen molar-refractivity contribution >= 4 is 5.97 Å². The van der Waals surface area contributed by atoms with Crippen molar-refractivity contribution in [2.45, 2.75) is 39.7 Å². The predicted molar refractivity (Wildman–Crippen MR) is 61.3 cm³/mol. The molecule has 0 aliphatic heterocycles. The van der Waals surface area contributed by atoms with Gasteiger partial charge in [-0.15, -0.1) is 6.42 Å². The zero-order valence-electron chi connectivity index (χ0n) is 10.1. The van der Waals surface area contributed by atoms with Crippen LogP contribution in [0.5, 0.6) is 0 Å². The molecule has 1 N–H and O–H groups in total. The zero-order chi connectivity index (χ0) is 11.9. The maximum atomic E-state index is 11.8. The smallest absolute Gasteiger partial charge is 0.326 e. The highest BCUT2D eigenvalue weighted by atomic mass is 16.5. The number of carbonyl (C=O) groups excluding carboxylic acids is 1. The molecule has 0 bridgehead atoms. The minimum atomic E-state index is -0.670. The zero-order valence-corrected chi connectivity index (χ0v) is 10.1. The normalized spacial score (nSPS) is 14.4. The third kappa shape index (κ3) is 4.85. The number of terminal acetylenes is 1. The third-order valence-electron chi connectivity index (χ3n) is 2.12. The lowest BCUT2D eigenvalue weighted by atomic mass is 9.90. The lowest BCUT2D eigenvalue weighted by Gasteiger charge is -2.29. The van der Waals surface area contributed by atoms with E-state index in [1.54, 1.807) is 6.92 Å². The van der Waals surface area contributed by atoms with Gasteiger partial charge in [-0.2, -0.15) is 0 Å². The van der Waals surface area contributed by atoms with Gasteiger partial charge in [0.25, 0.3) is 0 Å². The maximum absolute atomic E-state index is 11.8. The van der Waals surface area contributed by atoms with Gasteiger partial charge in [0, 0.05) is 0 Å². The van der Waals surface area contributed by atoms with Gasteiger partial charge in [-0.1, -0.05) is 19.8 Å². The molecule has 1 atom stereocenters. The van der Waals surface area contributed by atoms with Crippen molar-refractivity contribution in [2.75, 3.05) is 13.2 Å². The summed E-state index contributed by atoms with van der Waals surface area (Å²) < 4.78 is 5.03. The standard InChI is InChI=1S/C12H21NO2/c1-6-8-13-12(5,9-10(3)4)11(14)15-7-2/h1,10,13H,7-9H2,2-5H3. The molecule has 0 amide bonds. The topological polar surface area (TPSA) is 38.3 Å². The van der Waals surface area contributed by atoms with Gasteiger partial charge < -0.3 is 4.74 Å². The molecule has 0 aliphatic rings. The molecule has 0 rings (SSSR count). The van der Waals surface area contributed by atoms with Crippen molar-refractivity contribution in [1.82, 2.24) is 5.32 Å². The van der Waals surface area contributed by atoms with Gasteiger partial charge in [0.1, 0.15) is 5.54 Å². The molecule has 0 aromatic heterocycles. The summed E-state index contributed by atoms with van der Waals surface area (Å²) in [6, 6.07) is 0. The summed E-state index contributed by atoms with van der Waals surface area (Å²) in [6.07, 6.45) is 5.89. The Morgan fingerprint density at radius 3 is 2.60 bits per heavy atom. The van der Waals surface area contributed by atoms with Crippen molar-refractivity contribution in [2.24, 2.45) is 5.92 Å². The van der Waals surface area contributed by atoms with Crippen LogP contribution < -0.4 is 5.32 Å². The molecule has 1 unspecified atom stereocenters. The van der Waals surface area contributed by atoms with Crippen molar-refractivity contribution < 1.29 is 9.53 Å². The molecule has 0 spiro atoms. The molecular formula is C12H21NO2. The number of nitrogens with one attached hydrogen (secondary N) is 1. The Morgan fingerprint density at radius 1 is 1.60 bits per heavy atom. The first-order chi connectivity index (χ1) is 6.96. The highest BCUT2D eigenvalue weighted by Crippen LogP contribution is 2.18. The lowest BCUT2D eigenvalue weighted by Crippen LogP contribution is -2.51. The number of esters is 1. The molecule has 3 nitrogen and oxygen atoms in total. The number of hydrogen-bond acceptors (Lipinski definition) is 3. The summed E-state index contributed by atoms with van der Waals surface area (Å²) in [6.45, 7) is 8.54. The number of rotatable bonds is 6. The Kier molecular flexibility index (Phi) is 6.03. The Hall–Kier alpha value is -1.01. The first kappa shape index (κ1) is 14.0. The van der Waals surface area contributed by atoms with Crippen LogP contribution in [0.15, 0.2) is 0 Å². The molecule has 0 saturated carbocycles. The molecule has 15 heavy (non-hydrogen) atoms. The van der Waals surface area contributed by atoms with Gasteiger partial charge in [-0.3, -0.25) is 10.1 Å². The van der Waals surface area contributed by atoms with E-state index >= 15 is 0 Å². The second-order valence-corrected chi connectivity index (χ2v) is 4.21. The van der Waals surface area contributed by atoms with Crippen LogP contribution in [-0.4, -0.2) is 24.7 Å². The van der Waals surface area contributed by atoms with E-state index in [1.165, 1.54) is 0 Å². The quantitative estimate of drug-likeness (QED) is 0.535. The highest BCUT2D eigenvalue weighted by molar-refractivity contribution is 5.80. The summed E-state index contributed by atoms with van der Waals surface area (Å²) in [5.41, 5.74) is -0.670. The fraction of sp³-hybridized carbons (Fsp3) is 0.750. The van der Waals surface area contributed by atoms with E-state index in [1.807, 2.05) is 6.92 Å². The largest absolute Gasteiger partial charge is 0.465 e. The molecule has 0 heterocycles. The summed E-state index contributed by atoms with van der Waals surface area (Å²) in [5.74, 6) is 2.65. The van der Waals surface area contributed by atoms with E-state index < -0.39 is 5.54 Å². The molecule has 0 saturated heterocycles. The second-order valence-electron chi connectivity index (χ2n) is 4.21. The lowest BCUT2D eigenvalue weighted by molar-refractivity contribution is -0.151. The SMILES string of the molecule is C#CCNC(C)(CC(C)C)C(=O)OCC. The monoisotopic (exact) mass is 211 g/mol. The summed E-state index contributed by atoms with van der Waals surface area (Å²) in [5, 5.41) is 3.05. The van der Waals surface area contributed by atoms with Gasteiger partial charge in [0.05, 0.1) is 13.2 Å². The fourth-order valence-corrected chi connectivity index (χ4v) is 1.58. The highest BCUT2D eigenvalue weighted by Gasteiger charge is 2.34. The Morgan fingerprint density at radius 2 is 2.20 bits per heavy atom. The van der Waals surface area contributed by atoms with Gasteiger partial charge in [-0.25, -0.2) is 0 Å². The molecule has 0 radical (unpaired) electrons. The average molecular weight is 211 g/mol. The minimum absolute atomic E-state index is 0.228. The van der Waals surface area contributed by atoms with Gasteiger partial charge in [0.2, 0.25) is 0 Å². The van der Waals surface area contributed by atoms with Crippen LogP contribution in [0.25, 0.3) is 0 Å². The van der Waals surface area contributed by atoms with Crippen LogP contribution in [0.1, 0.15) is 34.1 Å². The number of hydrogen-bond donors (Lipinski definition) is 1. The van der Waals surface area contributed by atoms with Gasteiger partial charge in [0.15, 0.2) is 0 Å². The fourth-order valence-electron chi connectivity index (χ4n) is 1.58. The number of carbonyl (C=O) groups is 1. The van der Waals surface area contributed by atoms with E-state index in [0.717, 1.165) is 0 Å². The molecular weight excluding hydrogens is 190 g/mol. The molecule has 0 aromatic rings. The van der Waals surface area contributed by atoms with Crippen molar-refractivity contribution in [3.8, 4) is 12.3 Å². The van der Waals surface area contributed by atoms with Crippen LogP contribution in [-0.2, 0) is 9.53 Å². The molecule has 86 valence electrons. The predicted octanol–water partition coefficient (Wildman–Crippen LogP) is 1.58. The van der Waals surface area contributed by atoms with Crippen LogP contribution in [0.4, 0.5) is 0 Å². The van der Waals surface area contributed by atoms with Crippen LogP contribution in [0.2, 0.25) is 0 Å². The molecule has 0 aliphatic carbocycles. The van der Waals surface area contributed by atoms with Gasteiger partial charge in [-0.05, 0) is 26.2 Å². The first-order valence-electron chi connectivity index (χ1n) is 5.32. The number of ether oxygens (including phenoxy) is 1. The summed E-state index contributed by atoms with van der Waals surface area (Å²) >= 11 is 0. The molecule has 3 heteroatoms. The second kappa shape index (κ2) is 6.47.